The standard InChI is InChI=1S/C20H21N5/c1-14(2)19-9-20(16-10-21-13-22-11-16)25(24-19)8-7-15-12-23-18-6-4-3-5-17(15)18/h3-6,9-14,23H,7-8H2,1-2H3. The van der Waals surface area contributed by atoms with Crippen LogP contribution in [0.5, 0.6) is 0 Å². The number of hydrogen-bond acceptors (Lipinski definition) is 3. The highest BCUT2D eigenvalue weighted by atomic mass is 15.3. The third kappa shape index (κ3) is 3.05. The monoisotopic (exact) mass is 331 g/mol. The molecule has 0 atom stereocenters. The van der Waals surface area contributed by atoms with Gasteiger partial charge in [0.25, 0.3) is 0 Å². The Kier molecular flexibility index (Phi) is 4.06. The number of hydrogen-bond donors (Lipinski definition) is 1. The van der Waals surface area contributed by atoms with Crippen molar-refractivity contribution in [3.63, 3.8) is 0 Å². The average molecular weight is 331 g/mol. The van der Waals surface area contributed by atoms with Crippen molar-refractivity contribution in [3.8, 4) is 11.3 Å². The van der Waals surface area contributed by atoms with Gasteiger partial charge in [0.05, 0.1) is 11.4 Å². The smallest absolute Gasteiger partial charge is 0.115 e. The molecule has 1 aromatic carbocycles. The molecule has 0 bridgehead atoms. The Bertz CT molecular complexity index is 982. The van der Waals surface area contributed by atoms with Crippen LogP contribution in [0.3, 0.4) is 0 Å². The van der Waals surface area contributed by atoms with Crippen molar-refractivity contribution in [2.45, 2.75) is 32.7 Å². The van der Waals surface area contributed by atoms with E-state index in [2.05, 4.69) is 70.0 Å². The molecule has 0 unspecified atom stereocenters. The molecule has 0 aliphatic carbocycles. The van der Waals surface area contributed by atoms with Gasteiger partial charge in [-0.1, -0.05) is 32.0 Å². The van der Waals surface area contributed by atoms with Crippen molar-refractivity contribution in [1.82, 2.24) is 24.7 Å². The highest BCUT2D eigenvalue weighted by Crippen LogP contribution is 2.24. The van der Waals surface area contributed by atoms with Crippen LogP contribution in [0.25, 0.3) is 22.2 Å². The molecule has 0 aliphatic heterocycles. The number of aromatic amines is 1. The Labute approximate surface area is 146 Å². The minimum Gasteiger partial charge on any atom is -0.361 e. The maximum Gasteiger partial charge on any atom is 0.115 e. The summed E-state index contributed by atoms with van der Waals surface area (Å²) in [5.41, 5.74) is 5.66. The van der Waals surface area contributed by atoms with E-state index in [0.29, 0.717) is 5.92 Å². The van der Waals surface area contributed by atoms with Crippen LogP contribution in [-0.4, -0.2) is 24.7 Å². The van der Waals surface area contributed by atoms with Crippen LogP contribution < -0.4 is 0 Å². The summed E-state index contributed by atoms with van der Waals surface area (Å²) in [6.45, 7) is 5.15. The molecule has 0 saturated carbocycles. The Balaban J connectivity index is 1.65. The van der Waals surface area contributed by atoms with Crippen molar-refractivity contribution in [1.29, 1.82) is 0 Å². The number of para-hydroxylation sites is 1. The lowest BCUT2D eigenvalue weighted by molar-refractivity contribution is 0.605. The Hall–Kier alpha value is -2.95. The number of rotatable bonds is 5. The number of benzene rings is 1. The fraction of sp³-hybridized carbons (Fsp3) is 0.250. The second-order valence-electron chi connectivity index (χ2n) is 6.57. The van der Waals surface area contributed by atoms with Gasteiger partial charge in [0.1, 0.15) is 6.33 Å². The quantitative estimate of drug-likeness (QED) is 0.596. The van der Waals surface area contributed by atoms with Gasteiger partial charge in [-0.25, -0.2) is 9.97 Å². The van der Waals surface area contributed by atoms with Crippen molar-refractivity contribution >= 4 is 10.9 Å². The maximum absolute atomic E-state index is 4.82. The van der Waals surface area contributed by atoms with Gasteiger partial charge >= 0.3 is 0 Å². The molecule has 4 aromatic rings. The molecule has 0 fully saturated rings. The van der Waals surface area contributed by atoms with Gasteiger partial charge in [-0.2, -0.15) is 5.10 Å². The number of nitrogens with zero attached hydrogens (tertiary/aromatic N) is 4. The van der Waals surface area contributed by atoms with E-state index < -0.39 is 0 Å². The van der Waals surface area contributed by atoms with Crippen LogP contribution in [0.2, 0.25) is 0 Å². The molecule has 0 aliphatic rings. The first-order valence-electron chi connectivity index (χ1n) is 8.60. The van der Waals surface area contributed by atoms with Gasteiger partial charge in [-0.05, 0) is 30.0 Å². The van der Waals surface area contributed by atoms with Crippen LogP contribution in [-0.2, 0) is 13.0 Å². The molecule has 5 heteroatoms. The highest BCUT2D eigenvalue weighted by molar-refractivity contribution is 5.83. The predicted molar refractivity (Wildman–Crippen MR) is 99.3 cm³/mol. The van der Waals surface area contributed by atoms with E-state index in [0.717, 1.165) is 29.9 Å². The van der Waals surface area contributed by atoms with Gasteiger partial charge in [-0.15, -0.1) is 0 Å². The van der Waals surface area contributed by atoms with Gasteiger partial charge in [-0.3, -0.25) is 4.68 Å². The van der Waals surface area contributed by atoms with E-state index in [-0.39, 0.29) is 0 Å². The van der Waals surface area contributed by atoms with Crippen molar-refractivity contribution < 1.29 is 0 Å². The zero-order chi connectivity index (χ0) is 17.2. The maximum atomic E-state index is 4.82. The van der Waals surface area contributed by atoms with Gasteiger partial charge in [0.2, 0.25) is 0 Å². The molecule has 25 heavy (non-hydrogen) atoms. The van der Waals surface area contributed by atoms with E-state index in [4.69, 9.17) is 5.10 Å². The van der Waals surface area contributed by atoms with Crippen LogP contribution in [0.1, 0.15) is 31.0 Å². The van der Waals surface area contributed by atoms with Crippen LogP contribution in [0, 0.1) is 0 Å². The number of aryl methyl sites for hydroxylation is 2. The first kappa shape index (κ1) is 15.6. The van der Waals surface area contributed by atoms with Crippen molar-refractivity contribution in [2.75, 3.05) is 0 Å². The highest BCUT2D eigenvalue weighted by Gasteiger charge is 2.13. The summed E-state index contributed by atoms with van der Waals surface area (Å²) in [5.74, 6) is 0.387. The normalized spacial score (nSPS) is 11.5. The predicted octanol–water partition coefficient (Wildman–Crippen LogP) is 4.19. The fourth-order valence-corrected chi connectivity index (χ4v) is 3.12. The average Bonchev–Trinajstić information content (AvgIpc) is 3.25. The van der Waals surface area contributed by atoms with Crippen LogP contribution in [0.15, 0.2) is 55.2 Å². The third-order valence-corrected chi connectivity index (χ3v) is 4.51. The molecule has 1 N–H and O–H groups in total. The minimum atomic E-state index is 0.387. The number of nitrogens with one attached hydrogen (secondary N) is 1. The Morgan fingerprint density at radius 2 is 1.92 bits per heavy atom. The second-order valence-corrected chi connectivity index (χ2v) is 6.57. The van der Waals surface area contributed by atoms with E-state index in [1.165, 1.54) is 16.5 Å². The van der Waals surface area contributed by atoms with Crippen LogP contribution >= 0.6 is 0 Å². The van der Waals surface area contributed by atoms with Crippen molar-refractivity contribution in [3.05, 3.63) is 66.5 Å². The summed E-state index contributed by atoms with van der Waals surface area (Å²) >= 11 is 0. The zero-order valence-corrected chi connectivity index (χ0v) is 14.5. The topological polar surface area (TPSA) is 59.4 Å². The lowest BCUT2D eigenvalue weighted by Crippen LogP contribution is -2.06. The summed E-state index contributed by atoms with van der Waals surface area (Å²) in [4.78, 5) is 11.6. The molecule has 0 amide bonds. The Morgan fingerprint density at radius 3 is 2.72 bits per heavy atom. The molecular weight excluding hydrogens is 310 g/mol. The van der Waals surface area contributed by atoms with Gasteiger partial charge in [0, 0.05) is 41.6 Å². The molecule has 126 valence electrons. The SMILES string of the molecule is CC(C)c1cc(-c2cncnc2)n(CCc2c[nH]c3ccccc23)n1. The third-order valence-electron chi connectivity index (χ3n) is 4.51. The molecule has 4 rings (SSSR count). The molecule has 3 heterocycles. The van der Waals surface area contributed by atoms with E-state index in [9.17, 15) is 0 Å². The first-order valence-corrected chi connectivity index (χ1v) is 8.60. The summed E-state index contributed by atoms with van der Waals surface area (Å²) in [6.07, 6.45) is 8.26. The Morgan fingerprint density at radius 1 is 1.12 bits per heavy atom. The molecular formula is C20H21N5. The summed E-state index contributed by atoms with van der Waals surface area (Å²) in [5, 5.41) is 6.10. The molecule has 5 nitrogen and oxygen atoms in total. The first-order chi connectivity index (χ1) is 12.2. The van der Waals surface area contributed by atoms with Crippen molar-refractivity contribution in [2.24, 2.45) is 0 Å². The molecule has 0 saturated heterocycles. The van der Waals surface area contributed by atoms with E-state index >= 15 is 0 Å². The fourth-order valence-electron chi connectivity index (χ4n) is 3.12. The summed E-state index contributed by atoms with van der Waals surface area (Å²) < 4.78 is 2.08. The number of aromatic nitrogens is 5. The molecule has 0 radical (unpaired) electrons. The number of fused-ring (bicyclic) bond motifs is 1. The van der Waals surface area contributed by atoms with Crippen LogP contribution in [0.4, 0.5) is 0 Å². The lowest BCUT2D eigenvalue weighted by atomic mass is 10.1. The van der Waals surface area contributed by atoms with Gasteiger partial charge in [0.15, 0.2) is 0 Å². The molecule has 0 spiro atoms. The molecule has 3 aromatic heterocycles. The van der Waals surface area contributed by atoms with E-state index in [1.54, 1.807) is 6.33 Å². The largest absolute Gasteiger partial charge is 0.361 e. The minimum absolute atomic E-state index is 0.387. The lowest BCUT2D eigenvalue weighted by Gasteiger charge is -2.07. The summed E-state index contributed by atoms with van der Waals surface area (Å²) in [6, 6.07) is 10.6. The number of H-pyrrole nitrogens is 1. The van der Waals surface area contributed by atoms with E-state index in [1.807, 2.05) is 12.4 Å². The second kappa shape index (κ2) is 6.51. The summed E-state index contributed by atoms with van der Waals surface area (Å²) in [7, 11) is 0. The van der Waals surface area contributed by atoms with Gasteiger partial charge < -0.3 is 4.98 Å². The zero-order valence-electron chi connectivity index (χ0n) is 14.5.